The van der Waals surface area contributed by atoms with E-state index in [0.717, 1.165) is 42.6 Å². The van der Waals surface area contributed by atoms with Gasteiger partial charge in [0.15, 0.2) is 11.5 Å². The molecule has 5 rings (SSSR count). The number of carbonyl (C=O) groups is 1. The van der Waals surface area contributed by atoms with E-state index in [1.54, 1.807) is 14.2 Å². The lowest BCUT2D eigenvalue weighted by atomic mass is 9.73. The van der Waals surface area contributed by atoms with E-state index in [2.05, 4.69) is 78.9 Å². The van der Waals surface area contributed by atoms with Gasteiger partial charge < -0.3 is 19.9 Å². The third-order valence-corrected chi connectivity index (χ3v) is 8.26. The molecule has 1 atom stereocenters. The summed E-state index contributed by atoms with van der Waals surface area (Å²) in [6.45, 7) is 0.530. The van der Waals surface area contributed by atoms with Gasteiger partial charge in [0.2, 0.25) is 5.91 Å². The van der Waals surface area contributed by atoms with Crippen LogP contribution in [-0.4, -0.2) is 38.5 Å². The van der Waals surface area contributed by atoms with Crippen LogP contribution >= 0.6 is 0 Å². The summed E-state index contributed by atoms with van der Waals surface area (Å²) in [5.41, 5.74) is 10.8. The smallest absolute Gasteiger partial charge is 0.221 e. The number of carbonyl (C=O) groups excluding carboxylic acids is 1. The molecule has 4 aromatic carbocycles. The van der Waals surface area contributed by atoms with Crippen molar-refractivity contribution < 1.29 is 19.0 Å². The summed E-state index contributed by atoms with van der Waals surface area (Å²) in [4.78, 5) is 16.6. The number of ether oxygens (including phenoxy) is 3. The molecule has 0 aliphatic carbocycles. The number of nitrogens with two attached hydrogens (primary N) is 1. The van der Waals surface area contributed by atoms with E-state index in [0.29, 0.717) is 18.1 Å². The second-order valence-electron chi connectivity index (χ2n) is 11.2. The molecule has 0 saturated heterocycles. The molecule has 1 aliphatic rings. The van der Waals surface area contributed by atoms with Crippen molar-refractivity contribution in [1.29, 1.82) is 0 Å². The Hall–Kier alpha value is -4.84. The fourth-order valence-electron chi connectivity index (χ4n) is 6.09. The predicted octanol–water partition coefficient (Wildman–Crippen LogP) is 7.11. The number of rotatable bonds is 15. The minimum absolute atomic E-state index is 0.160. The van der Waals surface area contributed by atoms with Gasteiger partial charge in [-0.3, -0.25) is 9.79 Å². The summed E-state index contributed by atoms with van der Waals surface area (Å²) in [6.07, 6.45) is 7.53. The topological polar surface area (TPSA) is 83.1 Å². The number of allylic oxidation sites excluding steroid dienone is 1. The molecule has 0 aromatic heterocycles. The molecule has 0 saturated carbocycles. The van der Waals surface area contributed by atoms with Crippen LogP contribution in [-0.2, 0) is 17.6 Å². The largest absolute Gasteiger partial charge is 0.494 e. The molecule has 6 nitrogen and oxygen atoms in total. The molecule has 226 valence electrons. The van der Waals surface area contributed by atoms with Gasteiger partial charge in [0, 0.05) is 12.1 Å². The molecule has 1 aliphatic heterocycles. The van der Waals surface area contributed by atoms with Gasteiger partial charge in [-0.15, -0.1) is 0 Å². The van der Waals surface area contributed by atoms with Crippen LogP contribution in [0.25, 0.3) is 0 Å². The fraction of sp³-hybridized carbons (Fsp3) is 0.263. The van der Waals surface area contributed by atoms with E-state index in [4.69, 9.17) is 24.9 Å². The van der Waals surface area contributed by atoms with Crippen molar-refractivity contribution >= 4 is 12.1 Å². The molecule has 1 unspecified atom stereocenters. The highest BCUT2D eigenvalue weighted by atomic mass is 16.5. The Bertz CT molecular complexity index is 1560. The maximum Gasteiger partial charge on any atom is 0.221 e. The summed E-state index contributed by atoms with van der Waals surface area (Å²) in [7, 11) is 3.32. The molecule has 4 aromatic rings. The Balaban J connectivity index is 1.41. The van der Waals surface area contributed by atoms with Gasteiger partial charge in [-0.05, 0) is 83.9 Å². The number of amides is 1. The summed E-state index contributed by atoms with van der Waals surface area (Å²) in [5.74, 6) is 1.97. The lowest BCUT2D eigenvalue weighted by Crippen LogP contribution is -2.32. The molecule has 1 amide bonds. The lowest BCUT2D eigenvalue weighted by molar-refractivity contribution is -0.117. The molecule has 44 heavy (non-hydrogen) atoms. The molecule has 2 N–H and O–H groups in total. The second-order valence-corrected chi connectivity index (χ2v) is 11.2. The van der Waals surface area contributed by atoms with Crippen molar-refractivity contribution in [1.82, 2.24) is 0 Å². The van der Waals surface area contributed by atoms with E-state index in [9.17, 15) is 4.79 Å². The van der Waals surface area contributed by atoms with Gasteiger partial charge in [-0.1, -0.05) is 78.9 Å². The second kappa shape index (κ2) is 14.6. The highest BCUT2D eigenvalue weighted by Crippen LogP contribution is 2.44. The number of methoxy groups -OCH3 is 2. The van der Waals surface area contributed by atoms with Crippen molar-refractivity contribution in [3.63, 3.8) is 0 Å². The monoisotopic (exact) mass is 588 g/mol. The summed E-state index contributed by atoms with van der Waals surface area (Å²) in [5, 5.41) is 0. The van der Waals surface area contributed by atoms with Gasteiger partial charge in [-0.25, -0.2) is 0 Å². The van der Waals surface area contributed by atoms with Crippen LogP contribution < -0.4 is 19.9 Å². The van der Waals surface area contributed by atoms with Crippen LogP contribution in [0.4, 0.5) is 0 Å². The van der Waals surface area contributed by atoms with Crippen LogP contribution in [0.1, 0.15) is 47.4 Å². The number of hydrogen-bond acceptors (Lipinski definition) is 5. The van der Waals surface area contributed by atoms with Crippen LogP contribution in [0.2, 0.25) is 0 Å². The quantitative estimate of drug-likeness (QED) is 0.150. The van der Waals surface area contributed by atoms with E-state index in [1.807, 2.05) is 36.5 Å². The number of aliphatic imine (C=N–C) groups is 1. The normalized spacial score (nSPS) is 15.7. The summed E-state index contributed by atoms with van der Waals surface area (Å²) >= 11 is 0. The van der Waals surface area contributed by atoms with Gasteiger partial charge >= 0.3 is 0 Å². The predicted molar refractivity (Wildman–Crippen MR) is 176 cm³/mol. The van der Waals surface area contributed by atoms with Crippen LogP contribution in [0, 0.1) is 0 Å². The zero-order valence-electron chi connectivity index (χ0n) is 25.4. The van der Waals surface area contributed by atoms with E-state index < -0.39 is 5.54 Å². The lowest BCUT2D eigenvalue weighted by Gasteiger charge is -2.35. The Morgan fingerprint density at radius 3 is 2.18 bits per heavy atom. The maximum absolute atomic E-state index is 11.4. The maximum atomic E-state index is 11.4. The van der Waals surface area contributed by atoms with Crippen molar-refractivity contribution in [3.8, 4) is 17.2 Å². The molecule has 1 heterocycles. The zero-order valence-corrected chi connectivity index (χ0v) is 25.4. The zero-order chi connectivity index (χ0) is 30.8. The van der Waals surface area contributed by atoms with Crippen LogP contribution in [0.3, 0.4) is 0 Å². The van der Waals surface area contributed by atoms with Crippen molar-refractivity contribution in [3.05, 3.63) is 137 Å². The Kier molecular flexibility index (Phi) is 10.1. The first-order valence-corrected chi connectivity index (χ1v) is 15.1. The average molecular weight is 589 g/mol. The van der Waals surface area contributed by atoms with Gasteiger partial charge in [0.05, 0.1) is 32.8 Å². The third-order valence-electron chi connectivity index (χ3n) is 8.26. The Labute approximate surface area is 260 Å². The first kappa shape index (κ1) is 30.6. The summed E-state index contributed by atoms with van der Waals surface area (Å²) < 4.78 is 17.2. The standard InChI is InChI=1S/C38H40N2O4/c1-42-35-18-17-29(25-36(35)43-2)23-32-19-21-40-38(32,20-10-22-44-33-16-9-11-28(24-33)26-37(39)41)27-34(30-12-5-3-6-13-30)31-14-7-4-8-15-31/h3-9,11-19,21,24-25,34H,10,20,22-23,26-27H2,1-2H3,(H2,39,41). The first-order chi connectivity index (χ1) is 21.5. The molecule has 0 spiro atoms. The number of benzene rings is 4. The van der Waals surface area contributed by atoms with E-state index in [1.165, 1.54) is 16.7 Å². The van der Waals surface area contributed by atoms with Gasteiger partial charge in [-0.2, -0.15) is 0 Å². The van der Waals surface area contributed by atoms with Gasteiger partial charge in [0.25, 0.3) is 0 Å². The van der Waals surface area contributed by atoms with E-state index >= 15 is 0 Å². The highest BCUT2D eigenvalue weighted by molar-refractivity contribution is 5.78. The third kappa shape index (κ3) is 7.56. The average Bonchev–Trinajstić information content (AvgIpc) is 3.44. The number of nitrogens with zero attached hydrogens (tertiary/aromatic N) is 1. The minimum Gasteiger partial charge on any atom is -0.494 e. The number of hydrogen-bond donors (Lipinski definition) is 1. The van der Waals surface area contributed by atoms with Crippen molar-refractivity contribution in [2.24, 2.45) is 10.7 Å². The molecule has 6 heteroatoms. The molecule has 0 radical (unpaired) electrons. The molecular formula is C38H40N2O4. The first-order valence-electron chi connectivity index (χ1n) is 15.1. The summed E-state index contributed by atoms with van der Waals surface area (Å²) in [6, 6.07) is 35.1. The minimum atomic E-state index is -0.416. The molecule has 0 bridgehead atoms. The fourth-order valence-corrected chi connectivity index (χ4v) is 6.09. The van der Waals surface area contributed by atoms with Crippen molar-refractivity contribution in [2.45, 2.75) is 43.6 Å². The molecular weight excluding hydrogens is 548 g/mol. The van der Waals surface area contributed by atoms with Crippen molar-refractivity contribution in [2.75, 3.05) is 20.8 Å². The highest BCUT2D eigenvalue weighted by Gasteiger charge is 2.38. The van der Waals surface area contributed by atoms with Gasteiger partial charge in [0.1, 0.15) is 5.75 Å². The number of primary amides is 1. The molecule has 0 fully saturated rings. The SMILES string of the molecule is COc1ccc(CC2=CC=NC2(CCCOc2cccc(CC(N)=O)c2)CC(c2ccccc2)c2ccccc2)cc1OC. The Morgan fingerprint density at radius 2 is 1.52 bits per heavy atom. The van der Waals surface area contributed by atoms with Crippen LogP contribution in [0.5, 0.6) is 17.2 Å². The van der Waals surface area contributed by atoms with E-state index in [-0.39, 0.29) is 18.2 Å². The Morgan fingerprint density at radius 1 is 0.818 bits per heavy atom. The van der Waals surface area contributed by atoms with Crippen LogP contribution in [0.15, 0.2) is 120 Å².